The minimum absolute atomic E-state index is 0.00611. The number of nitrogen functional groups attached to an aromatic ring is 1. The third kappa shape index (κ3) is 3.08. The molecule has 0 aliphatic heterocycles. The normalized spacial score (nSPS) is 11.2. The number of ether oxygens (including phenoxy) is 1. The fourth-order valence-corrected chi connectivity index (χ4v) is 3.24. The van der Waals surface area contributed by atoms with Crippen molar-refractivity contribution in [2.75, 3.05) is 17.6 Å². The van der Waals surface area contributed by atoms with Crippen molar-refractivity contribution < 1.29 is 17.5 Å². The van der Waals surface area contributed by atoms with Gasteiger partial charge < -0.3 is 10.5 Å². The maximum Gasteiger partial charge on any atom is 0.262 e. The highest BCUT2D eigenvalue weighted by molar-refractivity contribution is 7.92. The van der Waals surface area contributed by atoms with Crippen molar-refractivity contribution in [1.82, 2.24) is 0 Å². The SMILES string of the molecule is COc1ccccc1NS(=O)(=O)c1cc(N)cc(F)c1C. The number of methoxy groups -OCH3 is 1. The Balaban J connectivity index is 2.49. The summed E-state index contributed by atoms with van der Waals surface area (Å²) in [5.74, 6) is -0.307. The zero-order valence-electron chi connectivity index (χ0n) is 11.6. The van der Waals surface area contributed by atoms with E-state index in [4.69, 9.17) is 10.5 Å². The summed E-state index contributed by atoms with van der Waals surface area (Å²) in [4.78, 5) is -0.203. The van der Waals surface area contributed by atoms with Gasteiger partial charge >= 0.3 is 0 Å². The molecule has 112 valence electrons. The van der Waals surface area contributed by atoms with Crippen LogP contribution in [0.4, 0.5) is 15.8 Å². The Morgan fingerprint density at radius 2 is 1.90 bits per heavy atom. The van der Waals surface area contributed by atoms with E-state index in [-0.39, 0.29) is 21.8 Å². The van der Waals surface area contributed by atoms with E-state index in [9.17, 15) is 12.8 Å². The van der Waals surface area contributed by atoms with Crippen LogP contribution in [-0.4, -0.2) is 15.5 Å². The van der Waals surface area contributed by atoms with Gasteiger partial charge in [-0.3, -0.25) is 4.72 Å². The van der Waals surface area contributed by atoms with Gasteiger partial charge in [0.15, 0.2) is 0 Å². The standard InChI is InChI=1S/C14H15FN2O3S/c1-9-11(15)7-10(16)8-14(9)21(18,19)17-12-5-3-4-6-13(12)20-2/h3-8,17H,16H2,1-2H3. The molecule has 7 heteroatoms. The van der Waals surface area contributed by atoms with Crippen LogP contribution in [0.1, 0.15) is 5.56 Å². The number of rotatable bonds is 4. The van der Waals surface area contributed by atoms with Gasteiger partial charge in [0.2, 0.25) is 0 Å². The highest BCUT2D eigenvalue weighted by Gasteiger charge is 2.21. The van der Waals surface area contributed by atoms with Crippen LogP contribution in [-0.2, 0) is 10.0 Å². The van der Waals surface area contributed by atoms with Crippen LogP contribution in [0.5, 0.6) is 5.75 Å². The lowest BCUT2D eigenvalue weighted by molar-refractivity contribution is 0.417. The first kappa shape index (κ1) is 15.1. The average Bonchev–Trinajstić information content (AvgIpc) is 2.43. The van der Waals surface area contributed by atoms with Crippen LogP contribution in [0.25, 0.3) is 0 Å². The highest BCUT2D eigenvalue weighted by atomic mass is 32.2. The molecule has 0 aliphatic carbocycles. The Morgan fingerprint density at radius 1 is 1.24 bits per heavy atom. The molecule has 0 heterocycles. The molecule has 2 rings (SSSR count). The van der Waals surface area contributed by atoms with Crippen molar-refractivity contribution >= 4 is 21.4 Å². The summed E-state index contributed by atoms with van der Waals surface area (Å²) in [6.45, 7) is 1.38. The molecule has 0 amide bonds. The Kier molecular flexibility index (Phi) is 4.04. The van der Waals surface area contributed by atoms with Gasteiger partial charge in [0, 0.05) is 11.3 Å². The molecular formula is C14H15FN2O3S. The molecule has 0 saturated carbocycles. The van der Waals surface area contributed by atoms with Crippen molar-refractivity contribution in [3.63, 3.8) is 0 Å². The molecule has 0 aliphatic rings. The highest BCUT2D eigenvalue weighted by Crippen LogP contribution is 2.28. The zero-order valence-corrected chi connectivity index (χ0v) is 12.4. The van der Waals surface area contributed by atoms with Gasteiger partial charge in [-0.1, -0.05) is 12.1 Å². The number of benzene rings is 2. The molecule has 0 atom stereocenters. The van der Waals surface area contributed by atoms with Crippen LogP contribution in [0.15, 0.2) is 41.3 Å². The molecule has 0 unspecified atom stereocenters. The van der Waals surface area contributed by atoms with E-state index in [0.717, 1.165) is 6.07 Å². The predicted octanol–water partition coefficient (Wildman–Crippen LogP) is 2.53. The summed E-state index contributed by atoms with van der Waals surface area (Å²) in [5.41, 5.74) is 5.83. The number of sulfonamides is 1. The monoisotopic (exact) mass is 310 g/mol. The summed E-state index contributed by atoms with van der Waals surface area (Å²) in [6, 6.07) is 8.84. The lowest BCUT2D eigenvalue weighted by Crippen LogP contribution is -2.16. The number of hydrogen-bond donors (Lipinski definition) is 2. The number of para-hydroxylation sites is 2. The topological polar surface area (TPSA) is 81.4 Å². The van der Waals surface area contributed by atoms with Crippen LogP contribution in [0, 0.1) is 12.7 Å². The largest absolute Gasteiger partial charge is 0.495 e. The first-order chi connectivity index (χ1) is 9.85. The molecule has 5 nitrogen and oxygen atoms in total. The summed E-state index contributed by atoms with van der Waals surface area (Å²) in [5, 5.41) is 0. The van der Waals surface area contributed by atoms with Gasteiger partial charge in [-0.2, -0.15) is 0 Å². The van der Waals surface area contributed by atoms with Crippen LogP contribution in [0.2, 0.25) is 0 Å². The molecule has 3 N–H and O–H groups in total. The second-order valence-corrected chi connectivity index (χ2v) is 6.08. The smallest absolute Gasteiger partial charge is 0.262 e. The third-order valence-electron chi connectivity index (χ3n) is 2.96. The van der Waals surface area contributed by atoms with E-state index in [1.54, 1.807) is 24.3 Å². The lowest BCUT2D eigenvalue weighted by Gasteiger charge is -2.14. The fraction of sp³-hybridized carbons (Fsp3) is 0.143. The Hall–Kier alpha value is -2.28. The average molecular weight is 310 g/mol. The van der Waals surface area contributed by atoms with E-state index in [0.29, 0.717) is 5.75 Å². The number of nitrogens with two attached hydrogens (primary N) is 1. The van der Waals surface area contributed by atoms with E-state index >= 15 is 0 Å². The molecule has 0 fully saturated rings. The number of nitrogens with one attached hydrogen (secondary N) is 1. The molecule has 2 aromatic rings. The summed E-state index contributed by atoms with van der Waals surface area (Å²) in [6.07, 6.45) is 0. The van der Waals surface area contributed by atoms with Crippen LogP contribution in [0.3, 0.4) is 0 Å². The van der Waals surface area contributed by atoms with Gasteiger partial charge in [-0.05, 0) is 31.2 Å². The minimum atomic E-state index is -3.97. The Morgan fingerprint density at radius 3 is 2.57 bits per heavy atom. The van der Waals surface area contributed by atoms with Crippen molar-refractivity contribution in [3.8, 4) is 5.75 Å². The second-order valence-electron chi connectivity index (χ2n) is 4.43. The first-order valence-electron chi connectivity index (χ1n) is 6.06. The number of halogens is 1. The van der Waals surface area contributed by atoms with Gasteiger partial charge in [0.05, 0.1) is 17.7 Å². The number of anilines is 2. The lowest BCUT2D eigenvalue weighted by atomic mass is 10.2. The summed E-state index contributed by atoms with van der Waals surface area (Å²) in [7, 11) is -2.54. The van der Waals surface area contributed by atoms with Crippen molar-refractivity contribution in [2.45, 2.75) is 11.8 Å². The maximum absolute atomic E-state index is 13.7. The summed E-state index contributed by atoms with van der Waals surface area (Å²) >= 11 is 0. The maximum atomic E-state index is 13.7. The molecule has 0 radical (unpaired) electrons. The van der Waals surface area contributed by atoms with Gasteiger partial charge in [-0.25, -0.2) is 12.8 Å². The summed E-state index contributed by atoms with van der Waals surface area (Å²) < 4.78 is 45.9. The zero-order chi connectivity index (χ0) is 15.6. The van der Waals surface area contributed by atoms with E-state index in [2.05, 4.69) is 4.72 Å². The fourth-order valence-electron chi connectivity index (χ4n) is 1.88. The van der Waals surface area contributed by atoms with E-state index in [1.807, 2.05) is 0 Å². The Bertz CT molecular complexity index is 776. The number of hydrogen-bond acceptors (Lipinski definition) is 4. The van der Waals surface area contributed by atoms with Crippen molar-refractivity contribution in [2.24, 2.45) is 0 Å². The first-order valence-corrected chi connectivity index (χ1v) is 7.55. The second kappa shape index (κ2) is 5.61. The molecule has 0 saturated heterocycles. The van der Waals surface area contributed by atoms with E-state index < -0.39 is 15.8 Å². The van der Waals surface area contributed by atoms with E-state index in [1.165, 1.54) is 20.1 Å². The molecule has 0 aromatic heterocycles. The predicted molar refractivity (Wildman–Crippen MR) is 79.4 cm³/mol. The van der Waals surface area contributed by atoms with Crippen LogP contribution < -0.4 is 15.2 Å². The molecule has 0 spiro atoms. The molecule has 2 aromatic carbocycles. The molecule has 21 heavy (non-hydrogen) atoms. The van der Waals surface area contributed by atoms with Crippen molar-refractivity contribution in [1.29, 1.82) is 0 Å². The van der Waals surface area contributed by atoms with Crippen LogP contribution >= 0.6 is 0 Å². The van der Waals surface area contributed by atoms with Gasteiger partial charge in [0.1, 0.15) is 11.6 Å². The van der Waals surface area contributed by atoms with Gasteiger partial charge in [-0.15, -0.1) is 0 Å². The quantitative estimate of drug-likeness (QED) is 0.850. The minimum Gasteiger partial charge on any atom is -0.495 e. The molecule has 0 bridgehead atoms. The molecular weight excluding hydrogens is 295 g/mol. The Labute approximate surface area is 122 Å². The third-order valence-corrected chi connectivity index (χ3v) is 4.45. The van der Waals surface area contributed by atoms with Crippen molar-refractivity contribution in [3.05, 3.63) is 47.8 Å². The van der Waals surface area contributed by atoms with Gasteiger partial charge in [0.25, 0.3) is 10.0 Å².